The van der Waals surface area contributed by atoms with Gasteiger partial charge in [0.15, 0.2) is 0 Å². The molecule has 2 aromatic rings. The van der Waals surface area contributed by atoms with Crippen LogP contribution in [0.4, 0.5) is 24.8 Å². The number of alkyl halides is 3. The van der Waals surface area contributed by atoms with E-state index in [9.17, 15) is 13.2 Å². The van der Waals surface area contributed by atoms with Crippen molar-refractivity contribution in [1.82, 2.24) is 9.97 Å². The molecule has 0 aliphatic carbocycles. The fourth-order valence-corrected chi connectivity index (χ4v) is 1.93. The summed E-state index contributed by atoms with van der Waals surface area (Å²) in [7, 11) is 1.60. The van der Waals surface area contributed by atoms with E-state index < -0.39 is 12.0 Å². The fourth-order valence-electron chi connectivity index (χ4n) is 1.74. The minimum absolute atomic E-state index is 0.0785. The van der Waals surface area contributed by atoms with Crippen LogP contribution in [0.15, 0.2) is 30.3 Å². The highest BCUT2D eigenvalue weighted by molar-refractivity contribution is 6.31. The molecule has 0 saturated carbocycles. The van der Waals surface area contributed by atoms with E-state index in [-0.39, 0.29) is 11.6 Å². The lowest BCUT2D eigenvalue weighted by molar-refractivity contribution is -0.144. The summed E-state index contributed by atoms with van der Waals surface area (Å²) in [6, 6.07) is 8.35. The summed E-state index contributed by atoms with van der Waals surface area (Å²) in [4.78, 5) is 8.22. The molecule has 4 nitrogen and oxygen atoms in total. The molecule has 0 unspecified atom stereocenters. The van der Waals surface area contributed by atoms with Crippen LogP contribution in [0.5, 0.6) is 0 Å². The number of nitrogens with two attached hydrogens (primary N) is 1. The molecule has 1 heterocycles. The number of benzene rings is 1. The van der Waals surface area contributed by atoms with E-state index in [1.54, 1.807) is 31.3 Å². The first-order valence-corrected chi connectivity index (χ1v) is 6.31. The normalized spacial score (nSPS) is 11.5. The van der Waals surface area contributed by atoms with Crippen LogP contribution < -0.4 is 10.6 Å². The Morgan fingerprint density at radius 2 is 1.90 bits per heavy atom. The third kappa shape index (κ3) is 3.75. The molecule has 0 aliphatic heterocycles. The molecule has 0 bridgehead atoms. The van der Waals surface area contributed by atoms with Crippen LogP contribution in [0, 0.1) is 0 Å². The van der Waals surface area contributed by atoms with E-state index >= 15 is 0 Å². The first kappa shape index (κ1) is 15.4. The molecule has 1 aromatic heterocycles. The zero-order valence-electron chi connectivity index (χ0n) is 11.0. The van der Waals surface area contributed by atoms with Crippen molar-refractivity contribution < 1.29 is 13.2 Å². The van der Waals surface area contributed by atoms with Gasteiger partial charge in [-0.25, -0.2) is 9.97 Å². The van der Waals surface area contributed by atoms with Crippen molar-refractivity contribution in [3.05, 3.63) is 46.7 Å². The Morgan fingerprint density at radius 3 is 2.52 bits per heavy atom. The zero-order chi connectivity index (χ0) is 15.6. The number of halogens is 4. The lowest BCUT2D eigenvalue weighted by Gasteiger charge is -2.20. The van der Waals surface area contributed by atoms with E-state index in [2.05, 4.69) is 9.97 Å². The maximum absolute atomic E-state index is 12.7. The highest BCUT2D eigenvalue weighted by atomic mass is 35.5. The molecule has 21 heavy (non-hydrogen) atoms. The molecule has 0 amide bonds. The first-order valence-electron chi connectivity index (χ1n) is 5.93. The quantitative estimate of drug-likeness (QED) is 0.943. The topological polar surface area (TPSA) is 55.0 Å². The summed E-state index contributed by atoms with van der Waals surface area (Å²) in [5.41, 5.74) is 6.18. The van der Waals surface area contributed by atoms with E-state index in [1.807, 2.05) is 0 Å². The van der Waals surface area contributed by atoms with Gasteiger partial charge >= 0.3 is 6.18 Å². The number of anilines is 2. The summed E-state index contributed by atoms with van der Waals surface area (Å²) in [5.74, 6) is -1.42. The van der Waals surface area contributed by atoms with Crippen molar-refractivity contribution in [3.8, 4) is 0 Å². The van der Waals surface area contributed by atoms with Crippen LogP contribution in [0.25, 0.3) is 0 Å². The van der Waals surface area contributed by atoms with Gasteiger partial charge < -0.3 is 10.6 Å². The third-order valence-electron chi connectivity index (χ3n) is 2.74. The van der Waals surface area contributed by atoms with Gasteiger partial charge in [0.25, 0.3) is 0 Å². The van der Waals surface area contributed by atoms with Gasteiger partial charge in [-0.1, -0.05) is 29.8 Å². The number of hydrogen-bond acceptors (Lipinski definition) is 4. The summed E-state index contributed by atoms with van der Waals surface area (Å²) < 4.78 is 38.0. The molecule has 2 rings (SSSR count). The Morgan fingerprint density at radius 1 is 1.24 bits per heavy atom. The molecular weight excluding hydrogens is 305 g/mol. The van der Waals surface area contributed by atoms with Crippen LogP contribution in [0.1, 0.15) is 11.4 Å². The Hall–Kier alpha value is -2.02. The average molecular weight is 317 g/mol. The molecule has 0 spiro atoms. The maximum atomic E-state index is 12.7. The van der Waals surface area contributed by atoms with Crippen LogP contribution in [0.3, 0.4) is 0 Å². The van der Waals surface area contributed by atoms with Gasteiger partial charge in [-0.3, -0.25) is 0 Å². The Balaban J connectivity index is 2.29. The van der Waals surface area contributed by atoms with E-state index in [0.717, 1.165) is 5.56 Å². The van der Waals surface area contributed by atoms with Gasteiger partial charge in [0.2, 0.25) is 5.82 Å². The molecular formula is C13H12ClF3N4. The van der Waals surface area contributed by atoms with Gasteiger partial charge in [0.1, 0.15) is 11.6 Å². The summed E-state index contributed by atoms with van der Waals surface area (Å²) in [6.45, 7) is 0.299. The van der Waals surface area contributed by atoms with E-state index in [4.69, 9.17) is 17.3 Å². The van der Waals surface area contributed by atoms with Crippen molar-refractivity contribution in [2.75, 3.05) is 17.7 Å². The Kier molecular flexibility index (Phi) is 4.22. The summed E-state index contributed by atoms with van der Waals surface area (Å²) in [6.07, 6.45) is -4.64. The predicted octanol–water partition coefficient (Wildman–Crippen LogP) is 3.37. The number of aromatic nitrogens is 2. The standard InChI is InChI=1S/C13H12ClF3N4/c1-21(7-8-4-2-3-5-9(8)14)11-6-10(18)19-12(20-11)13(15,16)17/h2-6H,7H2,1H3,(H2,18,19,20). The molecule has 2 N–H and O–H groups in total. The summed E-state index contributed by atoms with van der Waals surface area (Å²) >= 11 is 6.03. The van der Waals surface area contributed by atoms with Gasteiger partial charge in [-0.15, -0.1) is 0 Å². The lowest BCUT2D eigenvalue weighted by atomic mass is 10.2. The van der Waals surface area contributed by atoms with Crippen molar-refractivity contribution in [1.29, 1.82) is 0 Å². The largest absolute Gasteiger partial charge is 0.451 e. The number of rotatable bonds is 3. The van der Waals surface area contributed by atoms with Gasteiger partial charge in [-0.2, -0.15) is 13.2 Å². The van der Waals surface area contributed by atoms with Crippen LogP contribution in [-0.4, -0.2) is 17.0 Å². The maximum Gasteiger partial charge on any atom is 0.451 e. The molecule has 0 saturated heterocycles. The molecule has 8 heteroatoms. The monoisotopic (exact) mass is 316 g/mol. The molecule has 0 aliphatic rings. The molecule has 0 atom stereocenters. The smallest absolute Gasteiger partial charge is 0.384 e. The summed E-state index contributed by atoms with van der Waals surface area (Å²) in [5, 5.41) is 0.530. The minimum Gasteiger partial charge on any atom is -0.384 e. The van der Waals surface area contributed by atoms with E-state index in [0.29, 0.717) is 11.6 Å². The highest BCUT2D eigenvalue weighted by Gasteiger charge is 2.35. The van der Waals surface area contributed by atoms with E-state index in [1.165, 1.54) is 11.0 Å². The second-order valence-electron chi connectivity index (χ2n) is 4.42. The number of hydrogen-bond donors (Lipinski definition) is 1. The highest BCUT2D eigenvalue weighted by Crippen LogP contribution is 2.29. The second kappa shape index (κ2) is 5.77. The lowest BCUT2D eigenvalue weighted by Crippen LogP contribution is -2.21. The van der Waals surface area contributed by atoms with Gasteiger partial charge in [0.05, 0.1) is 0 Å². The van der Waals surface area contributed by atoms with Crippen molar-refractivity contribution in [2.45, 2.75) is 12.7 Å². The molecule has 1 aromatic carbocycles. The second-order valence-corrected chi connectivity index (χ2v) is 4.83. The molecule has 0 fully saturated rings. The van der Waals surface area contributed by atoms with Crippen LogP contribution in [-0.2, 0) is 12.7 Å². The predicted molar refractivity (Wildman–Crippen MR) is 75.0 cm³/mol. The Bertz CT molecular complexity index is 646. The van der Waals surface area contributed by atoms with Crippen molar-refractivity contribution in [2.24, 2.45) is 0 Å². The number of nitrogen functional groups attached to an aromatic ring is 1. The van der Waals surface area contributed by atoms with Gasteiger partial charge in [-0.05, 0) is 11.6 Å². The van der Waals surface area contributed by atoms with Crippen molar-refractivity contribution >= 4 is 23.2 Å². The van der Waals surface area contributed by atoms with Gasteiger partial charge in [0, 0.05) is 24.7 Å². The zero-order valence-corrected chi connectivity index (χ0v) is 11.8. The molecule has 0 radical (unpaired) electrons. The van der Waals surface area contributed by atoms with Crippen molar-refractivity contribution in [3.63, 3.8) is 0 Å². The minimum atomic E-state index is -4.64. The fraction of sp³-hybridized carbons (Fsp3) is 0.231. The third-order valence-corrected chi connectivity index (χ3v) is 3.11. The number of nitrogens with zero attached hydrogens (tertiary/aromatic N) is 3. The molecule has 112 valence electrons. The Labute approximate surface area is 124 Å². The average Bonchev–Trinajstić information content (AvgIpc) is 2.39. The van der Waals surface area contributed by atoms with Crippen LogP contribution in [0.2, 0.25) is 5.02 Å². The SMILES string of the molecule is CN(Cc1ccccc1Cl)c1cc(N)nc(C(F)(F)F)n1. The first-order chi connectivity index (χ1) is 9.77. The van der Waals surface area contributed by atoms with Crippen LogP contribution >= 0.6 is 11.6 Å².